The molecule has 1 aromatic rings. The van der Waals surface area contributed by atoms with Gasteiger partial charge >= 0.3 is 0 Å². The number of rotatable bonds is 5. The van der Waals surface area contributed by atoms with E-state index >= 15 is 0 Å². The topological polar surface area (TPSA) is 136 Å². The molecule has 0 radical (unpaired) electrons. The highest BCUT2D eigenvalue weighted by Crippen LogP contribution is 2.17. The summed E-state index contributed by atoms with van der Waals surface area (Å²) in [7, 11) is -7.42. The number of sulfone groups is 1. The van der Waals surface area contributed by atoms with Crippen molar-refractivity contribution in [1.82, 2.24) is 9.78 Å². The van der Waals surface area contributed by atoms with Crippen LogP contribution in [0.5, 0.6) is 0 Å². The molecule has 0 aromatic carbocycles. The van der Waals surface area contributed by atoms with Crippen LogP contribution in [0.4, 0.5) is 0 Å². The molecule has 0 bridgehead atoms. The van der Waals surface area contributed by atoms with Crippen LogP contribution >= 0.6 is 0 Å². The minimum absolute atomic E-state index is 0.0525. The van der Waals surface area contributed by atoms with Crippen LogP contribution in [-0.4, -0.2) is 38.1 Å². The molecule has 0 aliphatic carbocycles. The summed E-state index contributed by atoms with van der Waals surface area (Å²) in [5.41, 5.74) is 0.0387. The van der Waals surface area contributed by atoms with Crippen LogP contribution in [0.3, 0.4) is 0 Å². The Hall–Kier alpha value is -1.44. The molecular weight excluding hydrogens is 292 g/mol. The fourth-order valence-corrected chi connectivity index (χ4v) is 3.14. The van der Waals surface area contributed by atoms with Crippen LogP contribution < -0.4 is 5.14 Å². The lowest BCUT2D eigenvalue weighted by Gasteiger charge is -2.05. The monoisotopic (exact) mass is 306 g/mol. The van der Waals surface area contributed by atoms with E-state index in [1.807, 2.05) is 0 Å². The van der Waals surface area contributed by atoms with Crippen molar-refractivity contribution >= 4 is 19.9 Å². The minimum Gasteiger partial charge on any atom is -0.251 e. The molecule has 0 aliphatic rings. The van der Waals surface area contributed by atoms with Crippen molar-refractivity contribution in [2.24, 2.45) is 5.14 Å². The lowest BCUT2D eigenvalue weighted by molar-refractivity contribution is 0.543. The van der Waals surface area contributed by atoms with Gasteiger partial charge in [0.15, 0.2) is 14.9 Å². The standard InChI is InChI=1S/C9H14N4O4S2/c1-3-18(14,15)5-4-13-9(19(11,16)17)8(6-10)7(2)12-13/h3-5H2,1-2H3,(H2,11,16,17). The lowest BCUT2D eigenvalue weighted by atomic mass is 10.3. The number of aromatic nitrogens is 2. The largest absolute Gasteiger partial charge is 0.256 e. The highest BCUT2D eigenvalue weighted by atomic mass is 32.2. The normalized spacial score (nSPS) is 12.3. The number of nitrogens with zero attached hydrogens (tertiary/aromatic N) is 3. The maximum absolute atomic E-state index is 11.5. The molecule has 19 heavy (non-hydrogen) atoms. The van der Waals surface area contributed by atoms with Crippen LogP contribution in [0, 0.1) is 18.3 Å². The van der Waals surface area contributed by atoms with Gasteiger partial charge in [0.25, 0.3) is 10.0 Å². The van der Waals surface area contributed by atoms with Gasteiger partial charge in [0.05, 0.1) is 18.0 Å². The van der Waals surface area contributed by atoms with Gasteiger partial charge < -0.3 is 0 Å². The van der Waals surface area contributed by atoms with Crippen LogP contribution in [0.2, 0.25) is 0 Å². The Kier molecular flexibility index (Phi) is 4.34. The first kappa shape index (κ1) is 15.6. The lowest BCUT2D eigenvalue weighted by Crippen LogP contribution is -2.22. The molecule has 0 atom stereocenters. The first-order chi connectivity index (χ1) is 8.62. The van der Waals surface area contributed by atoms with E-state index in [1.165, 1.54) is 13.8 Å². The zero-order valence-electron chi connectivity index (χ0n) is 10.5. The van der Waals surface area contributed by atoms with Crippen LogP contribution in [0.1, 0.15) is 18.2 Å². The molecule has 10 heteroatoms. The Morgan fingerprint density at radius 3 is 2.37 bits per heavy atom. The molecule has 0 saturated heterocycles. The molecule has 0 spiro atoms. The van der Waals surface area contributed by atoms with Crippen molar-refractivity contribution in [3.63, 3.8) is 0 Å². The quantitative estimate of drug-likeness (QED) is 0.752. The zero-order chi connectivity index (χ0) is 14.8. The summed E-state index contributed by atoms with van der Waals surface area (Å²) >= 11 is 0. The van der Waals surface area contributed by atoms with E-state index in [0.717, 1.165) is 4.68 Å². The molecule has 8 nitrogen and oxygen atoms in total. The number of aryl methyl sites for hydroxylation is 2. The molecule has 1 aromatic heterocycles. The van der Waals surface area contributed by atoms with E-state index in [0.29, 0.717) is 0 Å². The van der Waals surface area contributed by atoms with Gasteiger partial charge in [-0.05, 0) is 6.92 Å². The summed E-state index contributed by atoms with van der Waals surface area (Å²) in [6.45, 7) is 2.79. The Bertz CT molecular complexity index is 725. The number of nitriles is 1. The number of hydrogen-bond acceptors (Lipinski definition) is 6. The minimum atomic E-state index is -4.15. The second-order valence-electron chi connectivity index (χ2n) is 3.88. The predicted molar refractivity (Wildman–Crippen MR) is 67.4 cm³/mol. The molecule has 0 amide bonds. The van der Waals surface area contributed by atoms with Crippen molar-refractivity contribution < 1.29 is 16.8 Å². The van der Waals surface area contributed by atoms with Crippen molar-refractivity contribution in [3.05, 3.63) is 11.3 Å². The van der Waals surface area contributed by atoms with Gasteiger partial charge in [-0.1, -0.05) is 6.92 Å². The van der Waals surface area contributed by atoms with Gasteiger partial charge in [-0.25, -0.2) is 22.0 Å². The van der Waals surface area contributed by atoms with E-state index in [2.05, 4.69) is 5.10 Å². The van der Waals surface area contributed by atoms with E-state index in [4.69, 9.17) is 10.4 Å². The maximum atomic E-state index is 11.5. The average molecular weight is 306 g/mol. The second-order valence-corrected chi connectivity index (χ2v) is 7.83. The maximum Gasteiger partial charge on any atom is 0.256 e. The summed E-state index contributed by atoms with van der Waals surface area (Å²) in [5.74, 6) is -0.318. The summed E-state index contributed by atoms with van der Waals surface area (Å²) in [5, 5.41) is 17.3. The number of sulfonamides is 1. The van der Waals surface area contributed by atoms with Gasteiger partial charge in [-0.3, -0.25) is 4.68 Å². The van der Waals surface area contributed by atoms with Crippen molar-refractivity contribution in [1.29, 1.82) is 5.26 Å². The Morgan fingerprint density at radius 1 is 1.37 bits per heavy atom. The summed E-state index contributed by atoms with van der Waals surface area (Å²) in [4.78, 5) is 0. The fourth-order valence-electron chi connectivity index (χ4n) is 1.50. The summed E-state index contributed by atoms with van der Waals surface area (Å²) in [6, 6.07) is 1.71. The van der Waals surface area contributed by atoms with Crippen molar-refractivity contribution in [2.75, 3.05) is 11.5 Å². The van der Waals surface area contributed by atoms with Crippen LogP contribution in [0.25, 0.3) is 0 Å². The third kappa shape index (κ3) is 3.52. The fraction of sp³-hybridized carbons (Fsp3) is 0.556. The van der Waals surface area contributed by atoms with E-state index < -0.39 is 24.9 Å². The number of nitrogens with two attached hydrogens (primary N) is 1. The third-order valence-corrected chi connectivity index (χ3v) is 5.15. The van der Waals surface area contributed by atoms with Gasteiger partial charge in [-0.15, -0.1) is 0 Å². The van der Waals surface area contributed by atoms with Gasteiger partial charge in [0.1, 0.15) is 11.6 Å². The van der Waals surface area contributed by atoms with Crippen LogP contribution in [0.15, 0.2) is 5.03 Å². The van der Waals surface area contributed by atoms with Gasteiger partial charge in [0.2, 0.25) is 0 Å². The molecule has 0 unspecified atom stereocenters. The number of hydrogen-bond donors (Lipinski definition) is 1. The molecule has 106 valence electrons. The molecule has 2 N–H and O–H groups in total. The molecule has 1 rings (SSSR count). The van der Waals surface area contributed by atoms with Crippen molar-refractivity contribution in [2.45, 2.75) is 25.4 Å². The molecule has 0 aliphatic heterocycles. The van der Waals surface area contributed by atoms with Crippen LogP contribution in [-0.2, 0) is 26.4 Å². The van der Waals surface area contributed by atoms with E-state index in [9.17, 15) is 16.8 Å². The average Bonchev–Trinajstić information content (AvgIpc) is 2.62. The van der Waals surface area contributed by atoms with E-state index in [-0.39, 0.29) is 29.3 Å². The SMILES string of the molecule is CCS(=O)(=O)CCn1nc(C)c(C#N)c1S(N)(=O)=O. The second kappa shape index (κ2) is 5.28. The Morgan fingerprint density at radius 2 is 1.95 bits per heavy atom. The molecular formula is C9H14N4O4S2. The highest BCUT2D eigenvalue weighted by molar-refractivity contribution is 7.91. The summed E-state index contributed by atoms with van der Waals surface area (Å²) in [6.07, 6.45) is 0. The zero-order valence-corrected chi connectivity index (χ0v) is 12.1. The Labute approximate surface area is 111 Å². The molecule has 0 saturated carbocycles. The van der Waals surface area contributed by atoms with E-state index in [1.54, 1.807) is 6.07 Å². The summed E-state index contributed by atoms with van der Waals surface area (Å²) < 4.78 is 46.7. The van der Waals surface area contributed by atoms with Gasteiger partial charge in [-0.2, -0.15) is 10.4 Å². The first-order valence-corrected chi connectivity index (χ1v) is 8.70. The van der Waals surface area contributed by atoms with Crippen molar-refractivity contribution in [3.8, 4) is 6.07 Å². The third-order valence-electron chi connectivity index (χ3n) is 2.52. The molecule has 1 heterocycles. The Balaban J connectivity index is 3.28. The number of primary sulfonamides is 1. The highest BCUT2D eigenvalue weighted by Gasteiger charge is 2.24. The molecule has 0 fully saturated rings. The first-order valence-electron chi connectivity index (χ1n) is 5.33. The van der Waals surface area contributed by atoms with Gasteiger partial charge in [0, 0.05) is 5.75 Å². The smallest absolute Gasteiger partial charge is 0.251 e. The predicted octanol–water partition coefficient (Wildman–Crippen LogP) is -0.855.